The molecule has 0 unspecified atom stereocenters. The van der Waals surface area contributed by atoms with E-state index in [1.165, 1.54) is 23.8 Å². The van der Waals surface area contributed by atoms with E-state index in [2.05, 4.69) is 0 Å². The van der Waals surface area contributed by atoms with E-state index in [0.717, 1.165) is 5.56 Å². The van der Waals surface area contributed by atoms with Crippen LogP contribution >= 0.6 is 11.6 Å². The van der Waals surface area contributed by atoms with Gasteiger partial charge in [0.2, 0.25) is 0 Å². The Morgan fingerprint density at radius 2 is 1.70 bits per heavy atom. The Hall–Kier alpha value is -3.44. The number of halogens is 2. The van der Waals surface area contributed by atoms with E-state index in [0.29, 0.717) is 26.9 Å². The molecule has 4 aromatic rings. The monoisotopic (exact) mass is 421 g/mol. The van der Waals surface area contributed by atoms with E-state index in [-0.39, 0.29) is 17.8 Å². The van der Waals surface area contributed by atoms with Gasteiger partial charge in [0.05, 0.1) is 13.7 Å². The molecule has 6 heteroatoms. The molecule has 0 amide bonds. The van der Waals surface area contributed by atoms with Gasteiger partial charge >= 0.3 is 5.97 Å². The van der Waals surface area contributed by atoms with Gasteiger partial charge in [-0.25, -0.2) is 9.18 Å². The van der Waals surface area contributed by atoms with Crippen molar-refractivity contribution in [1.29, 1.82) is 0 Å². The molecule has 0 atom stereocenters. The molecule has 0 bridgehead atoms. The molecule has 0 spiro atoms. The fourth-order valence-electron chi connectivity index (χ4n) is 3.55. The van der Waals surface area contributed by atoms with Crippen LogP contribution in [0.3, 0.4) is 0 Å². The maximum atomic E-state index is 13.6. The van der Waals surface area contributed by atoms with Crippen LogP contribution in [-0.4, -0.2) is 17.6 Å². The molecule has 1 heterocycles. The van der Waals surface area contributed by atoms with Crippen molar-refractivity contribution in [2.75, 3.05) is 7.11 Å². The SMILES string of the molecule is COC(=O)c1c(-c2ccc(F)cc2)c2cc(Cl)ccc2c(=O)n1Cc1ccccc1. The van der Waals surface area contributed by atoms with Gasteiger partial charge in [0.25, 0.3) is 5.56 Å². The Balaban J connectivity index is 2.13. The second kappa shape index (κ2) is 8.13. The van der Waals surface area contributed by atoms with Crippen molar-refractivity contribution in [3.63, 3.8) is 0 Å². The highest BCUT2D eigenvalue weighted by molar-refractivity contribution is 6.31. The first-order chi connectivity index (χ1) is 14.5. The fraction of sp³-hybridized carbons (Fsp3) is 0.0833. The summed E-state index contributed by atoms with van der Waals surface area (Å²) in [5.74, 6) is -1.07. The molecule has 30 heavy (non-hydrogen) atoms. The molecule has 0 radical (unpaired) electrons. The minimum atomic E-state index is -0.663. The van der Waals surface area contributed by atoms with Crippen molar-refractivity contribution >= 4 is 28.3 Å². The third-order valence-electron chi connectivity index (χ3n) is 4.93. The Kier molecular flexibility index (Phi) is 5.38. The van der Waals surface area contributed by atoms with Gasteiger partial charge in [0.1, 0.15) is 11.5 Å². The quantitative estimate of drug-likeness (QED) is 0.420. The summed E-state index contributed by atoms with van der Waals surface area (Å²) in [4.78, 5) is 26.3. The standard InChI is InChI=1S/C24H17ClFNO3/c1-30-24(29)22-21(16-7-10-18(26)11-8-16)20-13-17(25)9-12-19(20)23(28)27(22)14-15-5-3-2-4-6-15/h2-13H,14H2,1H3. The highest BCUT2D eigenvalue weighted by Crippen LogP contribution is 2.33. The maximum absolute atomic E-state index is 13.6. The van der Waals surface area contributed by atoms with Gasteiger partial charge in [-0.05, 0) is 46.8 Å². The summed E-state index contributed by atoms with van der Waals surface area (Å²) in [6.45, 7) is 0.177. The molecule has 3 aromatic carbocycles. The highest BCUT2D eigenvalue weighted by Gasteiger charge is 2.24. The summed E-state index contributed by atoms with van der Waals surface area (Å²) in [7, 11) is 1.26. The predicted molar refractivity (Wildman–Crippen MR) is 115 cm³/mol. The van der Waals surface area contributed by atoms with Gasteiger partial charge in [0.15, 0.2) is 0 Å². The number of rotatable bonds is 4. The van der Waals surface area contributed by atoms with E-state index in [1.807, 2.05) is 30.3 Å². The lowest BCUT2D eigenvalue weighted by Crippen LogP contribution is -2.28. The van der Waals surface area contributed by atoms with Crippen LogP contribution < -0.4 is 5.56 Å². The number of carbonyl (C=O) groups is 1. The second-order valence-corrected chi connectivity index (χ2v) is 7.23. The lowest BCUT2D eigenvalue weighted by Gasteiger charge is -2.19. The van der Waals surface area contributed by atoms with Crippen molar-refractivity contribution in [2.45, 2.75) is 6.54 Å². The first-order valence-electron chi connectivity index (χ1n) is 9.24. The number of ether oxygens (including phenoxy) is 1. The van der Waals surface area contributed by atoms with Crippen LogP contribution in [0.2, 0.25) is 5.02 Å². The number of esters is 1. The van der Waals surface area contributed by atoms with E-state index in [9.17, 15) is 14.0 Å². The largest absolute Gasteiger partial charge is 0.464 e. The van der Waals surface area contributed by atoms with Gasteiger partial charge in [0, 0.05) is 16.0 Å². The first-order valence-corrected chi connectivity index (χ1v) is 9.61. The normalized spacial score (nSPS) is 10.9. The average molecular weight is 422 g/mol. The zero-order chi connectivity index (χ0) is 21.3. The van der Waals surface area contributed by atoms with Gasteiger partial charge in [-0.15, -0.1) is 0 Å². The fourth-order valence-corrected chi connectivity index (χ4v) is 3.73. The summed E-state index contributed by atoms with van der Waals surface area (Å²) in [6, 6.07) is 20.0. The number of hydrogen-bond donors (Lipinski definition) is 0. The molecule has 150 valence electrons. The number of nitrogens with zero attached hydrogens (tertiary/aromatic N) is 1. The van der Waals surface area contributed by atoms with Crippen LogP contribution in [0.5, 0.6) is 0 Å². The Labute approximate surface area is 177 Å². The molecule has 0 aliphatic heterocycles. The maximum Gasteiger partial charge on any atom is 0.355 e. The summed E-state index contributed by atoms with van der Waals surface area (Å²) in [5.41, 5.74) is 1.65. The minimum absolute atomic E-state index is 0.0905. The Morgan fingerprint density at radius 3 is 2.37 bits per heavy atom. The molecule has 0 saturated carbocycles. The zero-order valence-electron chi connectivity index (χ0n) is 16.1. The van der Waals surface area contributed by atoms with Crippen LogP contribution in [0, 0.1) is 5.82 Å². The number of carbonyl (C=O) groups excluding carboxylic acids is 1. The molecule has 0 N–H and O–H groups in total. The van der Waals surface area contributed by atoms with E-state index in [4.69, 9.17) is 16.3 Å². The van der Waals surface area contributed by atoms with E-state index >= 15 is 0 Å². The topological polar surface area (TPSA) is 48.3 Å². The highest BCUT2D eigenvalue weighted by atomic mass is 35.5. The number of fused-ring (bicyclic) bond motifs is 1. The molecular formula is C24H17ClFNO3. The van der Waals surface area contributed by atoms with Crippen molar-refractivity contribution in [3.8, 4) is 11.1 Å². The molecule has 4 rings (SSSR count). The summed E-state index contributed by atoms with van der Waals surface area (Å²) >= 11 is 6.21. The second-order valence-electron chi connectivity index (χ2n) is 6.79. The van der Waals surface area contributed by atoms with Gasteiger partial charge < -0.3 is 4.74 Å². The first kappa shape index (κ1) is 19.9. The third kappa shape index (κ3) is 3.60. The van der Waals surface area contributed by atoms with Crippen molar-refractivity contribution < 1.29 is 13.9 Å². The van der Waals surface area contributed by atoms with Crippen LogP contribution in [-0.2, 0) is 11.3 Å². The number of pyridine rings is 1. The van der Waals surface area contributed by atoms with Gasteiger partial charge in [-0.2, -0.15) is 0 Å². The number of methoxy groups -OCH3 is 1. The van der Waals surface area contributed by atoms with Gasteiger partial charge in [-0.3, -0.25) is 9.36 Å². The Bertz CT molecular complexity index is 1300. The van der Waals surface area contributed by atoms with Crippen molar-refractivity contribution in [2.24, 2.45) is 0 Å². The van der Waals surface area contributed by atoms with Crippen molar-refractivity contribution in [3.05, 3.63) is 105 Å². The average Bonchev–Trinajstić information content (AvgIpc) is 2.76. The summed E-state index contributed by atoms with van der Waals surface area (Å²) in [5, 5.41) is 1.33. The van der Waals surface area contributed by atoms with Crippen LogP contribution in [0.25, 0.3) is 21.9 Å². The molecule has 0 saturated heterocycles. The number of aromatic nitrogens is 1. The van der Waals surface area contributed by atoms with E-state index < -0.39 is 11.8 Å². The smallest absolute Gasteiger partial charge is 0.355 e. The number of hydrogen-bond acceptors (Lipinski definition) is 3. The van der Waals surface area contributed by atoms with Crippen LogP contribution in [0.1, 0.15) is 16.1 Å². The lowest BCUT2D eigenvalue weighted by molar-refractivity contribution is 0.0588. The summed E-state index contributed by atoms with van der Waals surface area (Å²) in [6.07, 6.45) is 0. The molecule has 0 fully saturated rings. The minimum Gasteiger partial charge on any atom is -0.464 e. The molecule has 4 nitrogen and oxygen atoms in total. The van der Waals surface area contributed by atoms with Gasteiger partial charge in [-0.1, -0.05) is 54.1 Å². The third-order valence-corrected chi connectivity index (χ3v) is 5.16. The lowest BCUT2D eigenvalue weighted by atomic mass is 9.96. The summed E-state index contributed by atoms with van der Waals surface area (Å²) < 4.78 is 20.0. The molecule has 1 aromatic heterocycles. The van der Waals surface area contributed by atoms with Crippen LogP contribution in [0.15, 0.2) is 77.6 Å². The molecule has 0 aliphatic carbocycles. The molecule has 0 aliphatic rings. The predicted octanol–water partition coefficient (Wildman–Crippen LogP) is 5.30. The zero-order valence-corrected chi connectivity index (χ0v) is 16.8. The number of benzene rings is 3. The van der Waals surface area contributed by atoms with Crippen LogP contribution in [0.4, 0.5) is 4.39 Å². The molecular weight excluding hydrogens is 405 g/mol. The van der Waals surface area contributed by atoms with E-state index in [1.54, 1.807) is 30.3 Å². The van der Waals surface area contributed by atoms with Crippen molar-refractivity contribution in [1.82, 2.24) is 4.57 Å². The Morgan fingerprint density at radius 1 is 1.00 bits per heavy atom.